The van der Waals surface area contributed by atoms with Gasteiger partial charge in [0.15, 0.2) is 12.4 Å². The van der Waals surface area contributed by atoms with Gasteiger partial charge in [0.1, 0.15) is 7.05 Å². The highest BCUT2D eigenvalue weighted by atomic mass is 14.9. The summed E-state index contributed by atoms with van der Waals surface area (Å²) in [6.45, 7) is 2.24. The largest absolute Gasteiger partial charge is 0.208 e. The maximum Gasteiger partial charge on any atom is 0.168 e. The molecule has 0 spiro atoms. The first-order chi connectivity index (χ1) is 5.83. The molecule has 0 amide bonds. The van der Waals surface area contributed by atoms with Crippen molar-refractivity contribution in [2.75, 3.05) is 0 Å². The lowest BCUT2D eigenvalue weighted by atomic mass is 10.1. The Balaban J connectivity index is 2.37. The van der Waals surface area contributed by atoms with Crippen LogP contribution in [-0.2, 0) is 13.5 Å². The van der Waals surface area contributed by atoms with Gasteiger partial charge in [0.05, 0.1) is 0 Å². The molecular formula is C11H18N+. The second-order valence-corrected chi connectivity index (χ2v) is 3.33. The molecule has 12 heavy (non-hydrogen) atoms. The van der Waals surface area contributed by atoms with Crippen molar-refractivity contribution in [3.63, 3.8) is 0 Å². The van der Waals surface area contributed by atoms with Gasteiger partial charge < -0.3 is 0 Å². The summed E-state index contributed by atoms with van der Waals surface area (Å²) in [4.78, 5) is 0. The molecule has 1 aromatic heterocycles. The number of rotatable bonds is 4. The van der Waals surface area contributed by atoms with Crippen molar-refractivity contribution in [2.45, 2.75) is 32.6 Å². The fourth-order valence-electron chi connectivity index (χ4n) is 1.28. The van der Waals surface area contributed by atoms with E-state index in [1.54, 1.807) is 0 Å². The van der Waals surface area contributed by atoms with Crippen LogP contribution >= 0.6 is 0 Å². The fourth-order valence-corrected chi connectivity index (χ4v) is 1.28. The van der Waals surface area contributed by atoms with Crippen molar-refractivity contribution in [1.82, 2.24) is 0 Å². The lowest BCUT2D eigenvalue weighted by Crippen LogP contribution is -2.25. The van der Waals surface area contributed by atoms with E-state index in [1.807, 2.05) is 0 Å². The highest BCUT2D eigenvalue weighted by Gasteiger charge is 1.94. The highest BCUT2D eigenvalue weighted by molar-refractivity contribution is 5.06. The number of pyridine rings is 1. The third kappa shape index (κ3) is 3.04. The summed E-state index contributed by atoms with van der Waals surface area (Å²) in [6.07, 6.45) is 9.43. The zero-order valence-corrected chi connectivity index (χ0v) is 8.09. The number of hydrogen-bond acceptors (Lipinski definition) is 0. The van der Waals surface area contributed by atoms with E-state index in [0.717, 1.165) is 0 Å². The maximum absolute atomic E-state index is 2.24. The molecule has 0 bridgehead atoms. The summed E-state index contributed by atoms with van der Waals surface area (Å²) in [5.74, 6) is 0. The van der Waals surface area contributed by atoms with Gasteiger partial charge in [-0.1, -0.05) is 19.8 Å². The van der Waals surface area contributed by atoms with Crippen LogP contribution in [0, 0.1) is 0 Å². The van der Waals surface area contributed by atoms with Gasteiger partial charge in [-0.3, -0.25) is 0 Å². The van der Waals surface area contributed by atoms with Gasteiger partial charge >= 0.3 is 0 Å². The van der Waals surface area contributed by atoms with Gasteiger partial charge in [-0.25, -0.2) is 4.57 Å². The molecule has 0 radical (unpaired) electrons. The molecule has 1 aromatic rings. The Morgan fingerprint density at radius 2 is 1.83 bits per heavy atom. The third-order valence-electron chi connectivity index (χ3n) is 2.12. The van der Waals surface area contributed by atoms with Crippen LogP contribution in [0.1, 0.15) is 31.7 Å². The van der Waals surface area contributed by atoms with E-state index >= 15 is 0 Å². The summed E-state index contributed by atoms with van der Waals surface area (Å²) in [6, 6.07) is 4.41. The van der Waals surface area contributed by atoms with Gasteiger partial charge in [0, 0.05) is 12.1 Å². The monoisotopic (exact) mass is 164 g/mol. The molecule has 1 heterocycles. The molecule has 0 aromatic carbocycles. The Hall–Kier alpha value is -0.850. The van der Waals surface area contributed by atoms with Crippen LogP contribution in [0.15, 0.2) is 24.5 Å². The quantitative estimate of drug-likeness (QED) is 0.474. The van der Waals surface area contributed by atoms with E-state index in [0.29, 0.717) is 0 Å². The van der Waals surface area contributed by atoms with Gasteiger partial charge in [-0.05, 0) is 18.4 Å². The first kappa shape index (κ1) is 9.24. The second kappa shape index (κ2) is 4.91. The van der Waals surface area contributed by atoms with Crippen molar-refractivity contribution < 1.29 is 4.57 Å². The first-order valence-electron chi connectivity index (χ1n) is 4.77. The molecule has 0 saturated heterocycles. The molecule has 0 unspecified atom stereocenters. The molecule has 66 valence electrons. The second-order valence-electron chi connectivity index (χ2n) is 3.33. The molecule has 1 nitrogen and oxygen atoms in total. The number of aromatic nitrogens is 1. The molecular weight excluding hydrogens is 146 g/mol. The van der Waals surface area contributed by atoms with Gasteiger partial charge in [-0.15, -0.1) is 0 Å². The van der Waals surface area contributed by atoms with Crippen LogP contribution in [0.2, 0.25) is 0 Å². The van der Waals surface area contributed by atoms with E-state index in [2.05, 4.69) is 43.1 Å². The van der Waals surface area contributed by atoms with Crippen LogP contribution in [-0.4, -0.2) is 0 Å². The smallest absolute Gasteiger partial charge is 0.168 e. The molecule has 0 aliphatic carbocycles. The predicted molar refractivity (Wildman–Crippen MR) is 50.8 cm³/mol. The molecule has 0 N–H and O–H groups in total. The predicted octanol–water partition coefficient (Wildman–Crippen LogP) is 2.24. The van der Waals surface area contributed by atoms with Crippen LogP contribution in [0.5, 0.6) is 0 Å². The minimum absolute atomic E-state index is 1.23. The molecule has 1 heteroatoms. The third-order valence-corrected chi connectivity index (χ3v) is 2.12. The molecule has 1 rings (SSSR count). The van der Waals surface area contributed by atoms with Crippen molar-refractivity contribution in [3.05, 3.63) is 30.1 Å². The fraction of sp³-hybridized carbons (Fsp3) is 0.545. The lowest BCUT2D eigenvalue weighted by molar-refractivity contribution is -0.671. The van der Waals surface area contributed by atoms with Crippen molar-refractivity contribution in [2.24, 2.45) is 7.05 Å². The molecule has 0 atom stereocenters. The number of hydrogen-bond donors (Lipinski definition) is 0. The van der Waals surface area contributed by atoms with Crippen LogP contribution < -0.4 is 4.57 Å². The molecule has 0 fully saturated rings. The van der Waals surface area contributed by atoms with Crippen LogP contribution in [0.3, 0.4) is 0 Å². The van der Waals surface area contributed by atoms with Crippen molar-refractivity contribution >= 4 is 0 Å². The highest BCUT2D eigenvalue weighted by Crippen LogP contribution is 2.03. The van der Waals surface area contributed by atoms with E-state index in [1.165, 1.54) is 31.2 Å². The number of aryl methyl sites for hydroxylation is 2. The van der Waals surface area contributed by atoms with E-state index in [4.69, 9.17) is 0 Å². The Kier molecular flexibility index (Phi) is 3.78. The summed E-state index contributed by atoms with van der Waals surface area (Å²) in [5.41, 5.74) is 1.46. The Bertz CT molecular complexity index is 213. The van der Waals surface area contributed by atoms with E-state index in [9.17, 15) is 0 Å². The van der Waals surface area contributed by atoms with E-state index in [-0.39, 0.29) is 0 Å². The zero-order chi connectivity index (χ0) is 8.81. The molecule has 0 saturated carbocycles. The molecule has 0 aliphatic rings. The van der Waals surface area contributed by atoms with Gasteiger partial charge in [0.2, 0.25) is 0 Å². The summed E-state index contributed by atoms with van der Waals surface area (Å²) in [5, 5.41) is 0. The minimum atomic E-state index is 1.23. The summed E-state index contributed by atoms with van der Waals surface area (Å²) in [7, 11) is 2.05. The summed E-state index contributed by atoms with van der Waals surface area (Å²) < 4.78 is 2.07. The average Bonchev–Trinajstić information content (AvgIpc) is 2.09. The van der Waals surface area contributed by atoms with Crippen LogP contribution in [0.4, 0.5) is 0 Å². The standard InChI is InChI=1S/C11H18N/c1-3-4-5-6-11-7-9-12(2)10-8-11/h7-10H,3-6H2,1-2H3/q+1. The maximum atomic E-state index is 2.24. The lowest BCUT2D eigenvalue weighted by Gasteiger charge is -1.97. The SMILES string of the molecule is CCCCCc1cc[n+](C)cc1. The van der Waals surface area contributed by atoms with Crippen molar-refractivity contribution in [3.8, 4) is 0 Å². The summed E-state index contributed by atoms with van der Waals surface area (Å²) >= 11 is 0. The van der Waals surface area contributed by atoms with Gasteiger partial charge in [0.25, 0.3) is 0 Å². The number of nitrogens with zero attached hydrogens (tertiary/aromatic N) is 1. The van der Waals surface area contributed by atoms with E-state index < -0.39 is 0 Å². The normalized spacial score (nSPS) is 10.2. The topological polar surface area (TPSA) is 3.88 Å². The van der Waals surface area contributed by atoms with Crippen LogP contribution in [0.25, 0.3) is 0 Å². The first-order valence-corrected chi connectivity index (χ1v) is 4.77. The van der Waals surface area contributed by atoms with Gasteiger partial charge in [-0.2, -0.15) is 0 Å². The Morgan fingerprint density at radius 3 is 2.42 bits per heavy atom. The average molecular weight is 164 g/mol. The zero-order valence-electron chi connectivity index (χ0n) is 8.09. The Labute approximate surface area is 75.1 Å². The Morgan fingerprint density at radius 1 is 1.17 bits per heavy atom. The number of unbranched alkanes of at least 4 members (excludes halogenated alkanes) is 2. The molecule has 0 aliphatic heterocycles. The van der Waals surface area contributed by atoms with Crippen molar-refractivity contribution in [1.29, 1.82) is 0 Å². The minimum Gasteiger partial charge on any atom is -0.208 e.